The Balaban J connectivity index is 0.000000230. The third-order valence-electron chi connectivity index (χ3n) is 10.1. The number of carboxylic acid groups (broad SMARTS) is 2. The van der Waals surface area contributed by atoms with Crippen LogP contribution in [-0.2, 0) is 48.7 Å². The van der Waals surface area contributed by atoms with E-state index in [4.69, 9.17) is 29.2 Å². The van der Waals surface area contributed by atoms with Crippen LogP contribution in [0.15, 0.2) is 174 Å². The second-order valence-corrected chi connectivity index (χ2v) is 18.5. The van der Waals surface area contributed by atoms with E-state index in [1.165, 1.54) is 24.3 Å². The number of benzene rings is 7. The molecule has 19 heteroatoms. The molecule has 4 N–H and O–H groups in total. The lowest BCUT2D eigenvalue weighted by atomic mass is 10.1. The number of fused-ring (bicyclic) bond motifs is 1. The van der Waals surface area contributed by atoms with Crippen LogP contribution in [0.1, 0.15) is 29.5 Å². The SMILES string of the molecule is O=C(O)CCc1ccccc1OCCOc1ccc(NS(=O)(=O)c2cccc(C(F)(F)F)c2)cc1.O=C(O)CCc1ccccc1OCCOc1ccc(NS(=O)(=O)c2cccc3ccccc23)cc1. The number of nitrogens with one attached hydrogen (secondary N) is 2. The van der Waals surface area contributed by atoms with E-state index in [2.05, 4.69) is 9.44 Å². The fourth-order valence-corrected chi connectivity index (χ4v) is 9.13. The maximum absolute atomic E-state index is 13.0. The van der Waals surface area contributed by atoms with Crippen molar-refractivity contribution in [3.63, 3.8) is 0 Å². The highest BCUT2D eigenvalue weighted by Gasteiger charge is 2.31. The molecule has 0 radical (unpaired) electrons. The first kappa shape index (κ1) is 51.6. The molecular formula is C51H47F3N2O12S2. The molecule has 0 bridgehead atoms. The molecule has 0 atom stereocenters. The summed E-state index contributed by atoms with van der Waals surface area (Å²) < 4.78 is 117. The fraction of sp³-hybridized carbons (Fsp3) is 0.176. The Hall–Kier alpha value is -7.77. The number of rotatable bonds is 22. The van der Waals surface area contributed by atoms with E-state index in [-0.39, 0.29) is 49.9 Å². The molecule has 70 heavy (non-hydrogen) atoms. The average Bonchev–Trinajstić information content (AvgIpc) is 3.34. The van der Waals surface area contributed by atoms with E-state index in [0.29, 0.717) is 53.0 Å². The lowest BCUT2D eigenvalue weighted by molar-refractivity contribution is -0.138. The lowest BCUT2D eigenvalue weighted by Gasteiger charge is -2.13. The van der Waals surface area contributed by atoms with Crippen LogP contribution in [-0.4, -0.2) is 65.4 Å². The molecule has 0 fully saturated rings. The van der Waals surface area contributed by atoms with Crippen LogP contribution in [0.25, 0.3) is 10.8 Å². The van der Waals surface area contributed by atoms with E-state index in [9.17, 15) is 39.6 Å². The molecule has 366 valence electrons. The third kappa shape index (κ3) is 15.4. The Morgan fingerprint density at radius 2 is 0.943 bits per heavy atom. The van der Waals surface area contributed by atoms with Crippen molar-refractivity contribution in [1.82, 2.24) is 0 Å². The Morgan fingerprint density at radius 1 is 0.500 bits per heavy atom. The Morgan fingerprint density at radius 3 is 1.46 bits per heavy atom. The topological polar surface area (TPSA) is 204 Å². The molecule has 14 nitrogen and oxygen atoms in total. The molecule has 0 unspecified atom stereocenters. The van der Waals surface area contributed by atoms with E-state index in [0.717, 1.165) is 34.7 Å². The van der Waals surface area contributed by atoms with E-state index in [1.807, 2.05) is 42.5 Å². The van der Waals surface area contributed by atoms with Gasteiger partial charge in [-0.05, 0) is 114 Å². The molecule has 0 spiro atoms. The summed E-state index contributed by atoms with van der Waals surface area (Å²) in [5.41, 5.74) is 1.12. The van der Waals surface area contributed by atoms with Crippen molar-refractivity contribution in [1.29, 1.82) is 0 Å². The standard InChI is InChI=1S/C27H25NO6S.C24H22F3NO6S/c29-27(30)17-12-21-7-2-4-10-25(21)34-19-18-33-23-15-13-22(14-16-23)28-35(31,32)26-11-5-8-20-6-1-3-9-24(20)26;25-24(26,27)18-5-3-6-21(16-18)35(31,32)28-19-9-11-20(12-10-19)33-14-15-34-22-7-2-1-4-17(22)8-13-23(29)30/h1-11,13-16,28H,12,17-19H2,(H,29,30);1-7,9-12,16,28H,8,13-15H2,(H,29,30). The summed E-state index contributed by atoms with van der Waals surface area (Å²) in [5.74, 6) is 0.442. The second-order valence-electron chi connectivity index (χ2n) is 15.2. The number of ether oxygens (including phenoxy) is 4. The number of carboxylic acids is 2. The van der Waals surface area contributed by atoms with Gasteiger partial charge in [0.15, 0.2) is 0 Å². The van der Waals surface area contributed by atoms with Crippen LogP contribution in [0.3, 0.4) is 0 Å². The number of carbonyl (C=O) groups is 2. The van der Waals surface area contributed by atoms with Gasteiger partial charge in [0.25, 0.3) is 20.0 Å². The molecule has 0 aliphatic rings. The normalized spacial score (nSPS) is 11.4. The molecule has 7 aromatic rings. The van der Waals surface area contributed by atoms with Crippen LogP contribution >= 0.6 is 0 Å². The molecule has 7 rings (SSSR count). The van der Waals surface area contributed by atoms with Gasteiger partial charge in [-0.3, -0.25) is 19.0 Å². The quantitative estimate of drug-likeness (QED) is 0.0469. The van der Waals surface area contributed by atoms with Crippen LogP contribution in [0.4, 0.5) is 24.5 Å². The zero-order valence-electron chi connectivity index (χ0n) is 37.2. The maximum Gasteiger partial charge on any atom is 0.416 e. The van der Waals surface area contributed by atoms with E-state index in [1.54, 1.807) is 72.8 Å². The highest BCUT2D eigenvalue weighted by atomic mass is 32.2. The van der Waals surface area contributed by atoms with Crippen molar-refractivity contribution >= 4 is 54.1 Å². The van der Waals surface area contributed by atoms with Gasteiger partial charge in [-0.1, -0.05) is 78.9 Å². The van der Waals surface area contributed by atoms with Gasteiger partial charge in [-0.25, -0.2) is 16.8 Å². The van der Waals surface area contributed by atoms with Gasteiger partial charge in [-0.15, -0.1) is 0 Å². The number of para-hydroxylation sites is 2. The first-order valence-corrected chi connectivity index (χ1v) is 24.4. The summed E-state index contributed by atoms with van der Waals surface area (Å²) >= 11 is 0. The van der Waals surface area contributed by atoms with E-state index < -0.39 is 48.6 Å². The number of hydrogen-bond acceptors (Lipinski definition) is 10. The largest absolute Gasteiger partial charge is 0.490 e. The molecule has 0 saturated heterocycles. The number of hydrogen-bond donors (Lipinski definition) is 4. The number of halogens is 3. The third-order valence-corrected chi connectivity index (χ3v) is 12.9. The summed E-state index contributed by atoms with van der Waals surface area (Å²) in [6.07, 6.45) is -3.91. The zero-order valence-corrected chi connectivity index (χ0v) is 38.8. The first-order valence-electron chi connectivity index (χ1n) is 21.5. The molecule has 0 aliphatic carbocycles. The highest BCUT2D eigenvalue weighted by molar-refractivity contribution is 7.93. The molecule has 0 heterocycles. The van der Waals surface area contributed by atoms with Crippen molar-refractivity contribution in [2.24, 2.45) is 0 Å². The van der Waals surface area contributed by atoms with Crippen LogP contribution in [0.5, 0.6) is 23.0 Å². The van der Waals surface area contributed by atoms with Gasteiger partial charge in [0.05, 0.1) is 15.4 Å². The van der Waals surface area contributed by atoms with E-state index >= 15 is 0 Å². The molecule has 7 aromatic carbocycles. The van der Waals surface area contributed by atoms with Gasteiger partial charge >= 0.3 is 18.1 Å². The predicted molar refractivity (Wildman–Crippen MR) is 257 cm³/mol. The monoisotopic (exact) mass is 1000 g/mol. The van der Waals surface area contributed by atoms with Crippen molar-refractivity contribution < 1.29 is 68.8 Å². The van der Waals surface area contributed by atoms with Gasteiger partial charge in [-0.2, -0.15) is 13.2 Å². The van der Waals surface area contributed by atoms with Crippen LogP contribution in [0, 0.1) is 0 Å². The Labute approximate surface area is 402 Å². The van der Waals surface area contributed by atoms with Crippen molar-refractivity contribution in [3.8, 4) is 23.0 Å². The number of sulfonamides is 2. The summed E-state index contributed by atoms with van der Waals surface area (Å²) in [7, 11) is -7.99. The molecule has 0 aromatic heterocycles. The minimum Gasteiger partial charge on any atom is -0.490 e. The fourth-order valence-electron chi connectivity index (χ4n) is 6.74. The highest BCUT2D eigenvalue weighted by Crippen LogP contribution is 2.31. The summed E-state index contributed by atoms with van der Waals surface area (Å²) in [6, 6.07) is 42.9. The summed E-state index contributed by atoms with van der Waals surface area (Å²) in [4.78, 5) is 21.3. The van der Waals surface area contributed by atoms with Crippen molar-refractivity contribution in [2.45, 2.75) is 41.7 Å². The van der Waals surface area contributed by atoms with Gasteiger partial charge in [0.2, 0.25) is 0 Å². The molecule has 0 saturated carbocycles. The Kier molecular flexibility index (Phi) is 17.7. The number of aliphatic carboxylic acids is 2. The first-order chi connectivity index (χ1) is 33.5. The lowest BCUT2D eigenvalue weighted by Crippen LogP contribution is -2.14. The number of alkyl halides is 3. The van der Waals surface area contributed by atoms with Crippen molar-refractivity contribution in [3.05, 3.63) is 180 Å². The maximum atomic E-state index is 13.0. The number of aryl methyl sites for hydroxylation is 2. The summed E-state index contributed by atoms with van der Waals surface area (Å²) in [6.45, 7) is 0.907. The van der Waals surface area contributed by atoms with Gasteiger partial charge in [0.1, 0.15) is 49.4 Å². The Bertz CT molecular complexity index is 3090. The smallest absolute Gasteiger partial charge is 0.416 e. The minimum atomic E-state index is -4.66. The predicted octanol–water partition coefficient (Wildman–Crippen LogP) is 10.1. The number of anilines is 2. The van der Waals surface area contributed by atoms with Crippen LogP contribution < -0.4 is 28.4 Å². The molecule has 0 amide bonds. The zero-order chi connectivity index (χ0) is 50.2. The summed E-state index contributed by atoms with van der Waals surface area (Å²) in [5, 5.41) is 19.2. The average molecular weight is 1000 g/mol. The van der Waals surface area contributed by atoms with Crippen LogP contribution in [0.2, 0.25) is 0 Å². The van der Waals surface area contributed by atoms with Gasteiger partial charge < -0.3 is 29.2 Å². The van der Waals surface area contributed by atoms with Crippen molar-refractivity contribution in [2.75, 3.05) is 35.9 Å². The molecular weight excluding hydrogens is 954 g/mol. The van der Waals surface area contributed by atoms with Gasteiger partial charge in [0, 0.05) is 29.6 Å². The molecule has 0 aliphatic heterocycles. The second kappa shape index (κ2) is 24.0. The minimum absolute atomic E-state index is 0.0132.